The van der Waals surface area contributed by atoms with Crippen LogP contribution in [0.4, 0.5) is 18.9 Å². The van der Waals surface area contributed by atoms with Crippen molar-refractivity contribution in [2.45, 2.75) is 11.1 Å². The molecule has 0 aliphatic rings. The molecule has 0 aliphatic carbocycles. The largest absolute Gasteiger partial charge is 0.472 e. The lowest BCUT2D eigenvalue weighted by Crippen LogP contribution is -2.40. The summed E-state index contributed by atoms with van der Waals surface area (Å²) in [6.07, 6.45) is -5.27. The number of anilines is 1. The maximum absolute atomic E-state index is 11.9. The Bertz CT molecular complexity index is 539. The van der Waals surface area contributed by atoms with Gasteiger partial charge in [0.05, 0.1) is 4.90 Å². The van der Waals surface area contributed by atoms with Crippen LogP contribution in [-0.2, 0) is 14.8 Å². The van der Waals surface area contributed by atoms with Crippen LogP contribution in [0.2, 0.25) is 0 Å². The highest BCUT2D eigenvalue weighted by atomic mass is 32.2. The van der Waals surface area contributed by atoms with Gasteiger partial charge in [-0.3, -0.25) is 4.79 Å². The fraction of sp³-hybridized carbons (Fsp3) is 0.125. The summed E-state index contributed by atoms with van der Waals surface area (Å²) in [7, 11) is -4.56. The number of nitrogens with one attached hydrogen (secondary N) is 1. The van der Waals surface area contributed by atoms with Gasteiger partial charge in [0.1, 0.15) is 0 Å². The Morgan fingerprint density at radius 2 is 1.88 bits per heavy atom. The summed E-state index contributed by atoms with van der Waals surface area (Å²) in [5.74, 6) is -2.56. The van der Waals surface area contributed by atoms with E-state index in [-0.39, 0.29) is 5.69 Å². The van der Waals surface area contributed by atoms with E-state index >= 15 is 0 Å². The molecule has 0 spiro atoms. The summed E-state index contributed by atoms with van der Waals surface area (Å²) in [6, 6.07) is 4.54. The second kappa shape index (κ2) is 4.24. The van der Waals surface area contributed by atoms with Crippen LogP contribution in [0.15, 0.2) is 29.2 Å². The topological polar surface area (TPSA) is 89.3 Å². The third kappa shape index (κ3) is 3.34. The van der Waals surface area contributed by atoms with Crippen LogP contribution in [-0.4, -0.2) is 20.5 Å². The van der Waals surface area contributed by atoms with Crippen LogP contribution < -0.4 is 10.5 Å². The molecule has 1 rings (SSSR count). The van der Waals surface area contributed by atoms with Crippen molar-refractivity contribution < 1.29 is 26.4 Å². The summed E-state index contributed by atoms with van der Waals surface area (Å²) < 4.78 is 59.2. The SMILES string of the molecule is Nc1cccc(S(=O)(=O)NC(=O)C(F)(F)F)c1. The second-order valence-corrected chi connectivity index (χ2v) is 4.69. The van der Waals surface area contributed by atoms with Gasteiger partial charge in [0, 0.05) is 5.69 Å². The van der Waals surface area contributed by atoms with Crippen molar-refractivity contribution >= 4 is 21.6 Å². The van der Waals surface area contributed by atoms with Crippen LogP contribution in [0.3, 0.4) is 0 Å². The number of rotatable bonds is 2. The predicted molar refractivity (Wildman–Crippen MR) is 52.2 cm³/mol. The van der Waals surface area contributed by atoms with Crippen LogP contribution in [0, 0.1) is 0 Å². The number of hydrogen-bond acceptors (Lipinski definition) is 4. The molecule has 5 nitrogen and oxygen atoms in total. The highest BCUT2D eigenvalue weighted by Gasteiger charge is 2.41. The molecule has 0 heterocycles. The molecular formula is C8H7F3N2O3S. The van der Waals surface area contributed by atoms with Crippen molar-refractivity contribution in [3.05, 3.63) is 24.3 Å². The first-order valence-electron chi connectivity index (χ1n) is 4.12. The minimum Gasteiger partial charge on any atom is -0.399 e. The maximum Gasteiger partial charge on any atom is 0.472 e. The quantitative estimate of drug-likeness (QED) is 0.770. The number of hydrogen-bond donors (Lipinski definition) is 2. The Balaban J connectivity index is 3.02. The number of alkyl halides is 3. The molecule has 94 valence electrons. The van der Waals surface area contributed by atoms with Crippen LogP contribution in [0.5, 0.6) is 0 Å². The van der Waals surface area contributed by atoms with Gasteiger partial charge in [-0.25, -0.2) is 13.1 Å². The fourth-order valence-corrected chi connectivity index (χ4v) is 1.95. The molecule has 0 fully saturated rings. The Hall–Kier alpha value is -1.77. The van der Waals surface area contributed by atoms with Crippen molar-refractivity contribution in [1.29, 1.82) is 0 Å². The molecule has 0 saturated carbocycles. The van der Waals surface area contributed by atoms with Gasteiger partial charge in [0.15, 0.2) is 0 Å². The molecule has 1 aromatic carbocycles. The first-order chi connectivity index (χ1) is 7.63. The first kappa shape index (κ1) is 13.3. The third-order valence-electron chi connectivity index (χ3n) is 1.65. The minimum absolute atomic E-state index is 0.0485. The average molecular weight is 268 g/mol. The predicted octanol–water partition coefficient (Wildman–Crippen LogP) is 0.636. The molecule has 9 heteroatoms. The van der Waals surface area contributed by atoms with E-state index in [1.807, 2.05) is 0 Å². The number of amides is 1. The molecular weight excluding hydrogens is 261 g/mol. The van der Waals surface area contributed by atoms with E-state index < -0.39 is 27.0 Å². The van der Waals surface area contributed by atoms with E-state index in [1.54, 1.807) is 0 Å². The smallest absolute Gasteiger partial charge is 0.399 e. The van der Waals surface area contributed by atoms with Crippen LogP contribution >= 0.6 is 0 Å². The zero-order valence-corrected chi connectivity index (χ0v) is 8.97. The van der Waals surface area contributed by atoms with Gasteiger partial charge < -0.3 is 5.73 Å². The van der Waals surface area contributed by atoms with Crippen LogP contribution in [0.1, 0.15) is 0 Å². The van der Waals surface area contributed by atoms with Gasteiger partial charge in [-0.15, -0.1) is 0 Å². The van der Waals surface area contributed by atoms with E-state index in [9.17, 15) is 26.4 Å². The zero-order valence-electron chi connectivity index (χ0n) is 8.15. The Kier molecular flexibility index (Phi) is 3.32. The Labute approximate surface area is 94.5 Å². The third-order valence-corrected chi connectivity index (χ3v) is 2.98. The average Bonchev–Trinajstić information content (AvgIpc) is 2.15. The summed E-state index contributed by atoms with van der Waals surface area (Å²) in [6.45, 7) is 0. The van der Waals surface area contributed by atoms with E-state index in [2.05, 4.69) is 0 Å². The molecule has 0 unspecified atom stereocenters. The number of benzene rings is 1. The first-order valence-corrected chi connectivity index (χ1v) is 5.61. The molecule has 3 N–H and O–H groups in total. The standard InChI is InChI=1S/C8H7F3N2O3S/c9-8(10,11)7(14)13-17(15,16)6-3-1-2-5(12)4-6/h1-4H,12H2,(H,13,14). The summed E-state index contributed by atoms with van der Waals surface area (Å²) >= 11 is 0. The van der Waals surface area contributed by atoms with Crippen molar-refractivity contribution in [3.63, 3.8) is 0 Å². The maximum atomic E-state index is 11.9. The normalized spacial score (nSPS) is 12.2. The van der Waals surface area contributed by atoms with E-state index in [4.69, 9.17) is 5.73 Å². The van der Waals surface area contributed by atoms with Gasteiger partial charge >= 0.3 is 12.1 Å². The van der Waals surface area contributed by atoms with Crippen molar-refractivity contribution in [3.8, 4) is 0 Å². The van der Waals surface area contributed by atoms with Crippen LogP contribution in [0.25, 0.3) is 0 Å². The van der Waals surface area contributed by atoms with Gasteiger partial charge in [-0.1, -0.05) is 6.07 Å². The highest BCUT2D eigenvalue weighted by molar-refractivity contribution is 7.90. The lowest BCUT2D eigenvalue weighted by molar-refractivity contribution is -0.171. The molecule has 0 saturated heterocycles. The lowest BCUT2D eigenvalue weighted by Gasteiger charge is -2.09. The number of carbonyl (C=O) groups excluding carboxylic acids is 1. The second-order valence-electron chi connectivity index (χ2n) is 3.00. The van der Waals surface area contributed by atoms with Gasteiger partial charge in [-0.2, -0.15) is 13.2 Å². The monoisotopic (exact) mass is 268 g/mol. The molecule has 0 atom stereocenters. The summed E-state index contributed by atoms with van der Waals surface area (Å²) in [5, 5.41) is 0. The summed E-state index contributed by atoms with van der Waals surface area (Å²) in [5.41, 5.74) is 5.32. The van der Waals surface area contributed by atoms with Crippen molar-refractivity contribution in [2.75, 3.05) is 5.73 Å². The zero-order chi connectivity index (χ0) is 13.3. The van der Waals surface area contributed by atoms with Crippen molar-refractivity contribution in [2.24, 2.45) is 0 Å². The number of nitrogens with two attached hydrogens (primary N) is 1. The Morgan fingerprint density at radius 1 is 1.29 bits per heavy atom. The highest BCUT2D eigenvalue weighted by Crippen LogP contribution is 2.17. The van der Waals surface area contributed by atoms with Gasteiger partial charge in [0.2, 0.25) is 0 Å². The van der Waals surface area contributed by atoms with E-state index in [1.165, 1.54) is 12.1 Å². The number of halogens is 3. The molecule has 0 aliphatic heterocycles. The lowest BCUT2D eigenvalue weighted by atomic mass is 10.3. The molecule has 17 heavy (non-hydrogen) atoms. The fourth-order valence-electron chi connectivity index (χ4n) is 0.921. The number of nitrogen functional groups attached to an aromatic ring is 1. The minimum atomic E-state index is -5.27. The van der Waals surface area contributed by atoms with Crippen molar-refractivity contribution in [1.82, 2.24) is 4.72 Å². The molecule has 0 aromatic heterocycles. The molecule has 1 aromatic rings. The Morgan fingerprint density at radius 3 is 2.35 bits per heavy atom. The van der Waals surface area contributed by atoms with E-state index in [0.717, 1.165) is 16.9 Å². The van der Waals surface area contributed by atoms with E-state index in [0.29, 0.717) is 0 Å². The molecule has 0 bridgehead atoms. The molecule has 1 amide bonds. The molecule has 0 radical (unpaired) electrons. The number of sulfonamides is 1. The van der Waals surface area contributed by atoms with Gasteiger partial charge in [0.25, 0.3) is 10.0 Å². The summed E-state index contributed by atoms with van der Waals surface area (Å²) in [4.78, 5) is 9.97. The number of carbonyl (C=O) groups is 1. The van der Waals surface area contributed by atoms with Gasteiger partial charge in [-0.05, 0) is 18.2 Å².